The summed E-state index contributed by atoms with van der Waals surface area (Å²) in [6.07, 6.45) is 0.724. The highest BCUT2D eigenvalue weighted by Crippen LogP contribution is 2.56. The third-order valence-corrected chi connectivity index (χ3v) is 5.96. The second-order valence-corrected chi connectivity index (χ2v) is 7.66. The van der Waals surface area contributed by atoms with Gasteiger partial charge in [0.15, 0.2) is 23.0 Å². The topological polar surface area (TPSA) is 42.9 Å². The molecule has 148 valence electrons. The van der Waals surface area contributed by atoms with Crippen molar-refractivity contribution in [3.05, 3.63) is 68.6 Å². The molecular weight excluding hydrogens is 454 g/mol. The Kier molecular flexibility index (Phi) is 5.79. The van der Waals surface area contributed by atoms with Gasteiger partial charge in [-0.3, -0.25) is 0 Å². The maximum Gasteiger partial charge on any atom is 0.191 e. The van der Waals surface area contributed by atoms with Gasteiger partial charge in [0.25, 0.3) is 0 Å². The molecule has 0 aromatic heterocycles. The van der Waals surface area contributed by atoms with Gasteiger partial charge in [0.05, 0.1) is 15.7 Å². The number of amidine groups is 1. The molecule has 3 aromatic carbocycles. The summed E-state index contributed by atoms with van der Waals surface area (Å²) >= 11 is 24.8. The Hall–Kier alpha value is -2.11. The zero-order chi connectivity index (χ0) is 20.5. The second kappa shape index (κ2) is 8.33. The Balaban J connectivity index is 1.64. The molecule has 0 saturated carbocycles. The molecule has 1 N–H and O–H groups in total. The summed E-state index contributed by atoms with van der Waals surface area (Å²) in [4.78, 5) is 4.63. The van der Waals surface area contributed by atoms with Crippen LogP contribution in [0.5, 0.6) is 23.0 Å². The van der Waals surface area contributed by atoms with Crippen molar-refractivity contribution in [3.63, 3.8) is 0 Å². The molecular formula is C21H14Cl4N2O2. The average molecular weight is 468 g/mol. The SMILES string of the molecule is CCC(=Nc1ccccc1)Nc1ccc2c(c1)Oc1c(Cl)c(Cl)c(Cl)c(Cl)c1O2. The summed E-state index contributed by atoms with van der Waals surface area (Å²) in [5, 5.41) is 3.82. The van der Waals surface area contributed by atoms with Gasteiger partial charge in [-0.15, -0.1) is 0 Å². The van der Waals surface area contributed by atoms with Gasteiger partial charge in [-0.1, -0.05) is 71.5 Å². The first kappa shape index (κ1) is 20.2. The third kappa shape index (κ3) is 3.99. The predicted molar refractivity (Wildman–Crippen MR) is 121 cm³/mol. The summed E-state index contributed by atoms with van der Waals surface area (Å²) in [5.74, 6) is 2.22. The molecule has 1 aliphatic heterocycles. The van der Waals surface area contributed by atoms with Gasteiger partial charge in [0.2, 0.25) is 0 Å². The minimum Gasteiger partial charge on any atom is -0.448 e. The van der Waals surface area contributed by atoms with Crippen LogP contribution in [0.4, 0.5) is 11.4 Å². The molecule has 3 aromatic rings. The molecule has 0 fully saturated rings. The highest BCUT2D eigenvalue weighted by Gasteiger charge is 2.29. The number of para-hydroxylation sites is 1. The van der Waals surface area contributed by atoms with Crippen LogP contribution in [0, 0.1) is 0 Å². The van der Waals surface area contributed by atoms with E-state index in [-0.39, 0.29) is 31.6 Å². The standard InChI is InChI=1S/C21H14Cl4N2O2/c1-2-15(26-11-6-4-3-5-7-11)27-12-8-9-13-14(10-12)29-21-19(25)17(23)16(22)18(24)20(21)28-13/h3-10H,2H2,1H3,(H,26,27). The van der Waals surface area contributed by atoms with Crippen molar-refractivity contribution in [1.29, 1.82) is 0 Å². The van der Waals surface area contributed by atoms with E-state index < -0.39 is 0 Å². The molecule has 4 rings (SSSR count). The molecule has 0 amide bonds. The van der Waals surface area contributed by atoms with E-state index in [4.69, 9.17) is 55.9 Å². The zero-order valence-electron chi connectivity index (χ0n) is 15.1. The van der Waals surface area contributed by atoms with Crippen molar-refractivity contribution in [2.75, 3.05) is 5.32 Å². The molecule has 0 bridgehead atoms. The third-order valence-electron chi connectivity index (χ3n) is 4.19. The lowest BCUT2D eigenvalue weighted by Crippen LogP contribution is -2.10. The van der Waals surface area contributed by atoms with Crippen molar-refractivity contribution >= 4 is 63.6 Å². The minimum absolute atomic E-state index is 0.113. The molecule has 1 heterocycles. The number of anilines is 1. The van der Waals surface area contributed by atoms with Gasteiger partial charge in [0, 0.05) is 18.2 Å². The summed E-state index contributed by atoms with van der Waals surface area (Å²) < 4.78 is 11.8. The lowest BCUT2D eigenvalue weighted by atomic mass is 10.2. The van der Waals surface area contributed by atoms with E-state index in [1.165, 1.54) is 0 Å². The van der Waals surface area contributed by atoms with Gasteiger partial charge in [-0.2, -0.15) is 0 Å². The maximum absolute atomic E-state index is 6.28. The molecule has 0 radical (unpaired) electrons. The van der Waals surface area contributed by atoms with Gasteiger partial charge in [-0.25, -0.2) is 4.99 Å². The molecule has 4 nitrogen and oxygen atoms in total. The summed E-state index contributed by atoms with van der Waals surface area (Å²) in [6.45, 7) is 2.02. The molecule has 0 aliphatic carbocycles. The monoisotopic (exact) mass is 466 g/mol. The molecule has 29 heavy (non-hydrogen) atoms. The first-order valence-corrected chi connectivity index (χ1v) is 10.2. The molecule has 8 heteroatoms. The summed E-state index contributed by atoms with van der Waals surface area (Å²) in [6, 6.07) is 15.1. The van der Waals surface area contributed by atoms with E-state index in [1.54, 1.807) is 12.1 Å². The number of nitrogens with zero attached hydrogens (tertiary/aromatic N) is 1. The number of nitrogens with one attached hydrogen (secondary N) is 1. The number of ether oxygens (including phenoxy) is 2. The van der Waals surface area contributed by atoms with Gasteiger partial charge in [-0.05, 0) is 24.3 Å². The number of fused-ring (bicyclic) bond motifs is 2. The Labute approximate surface area is 188 Å². The smallest absolute Gasteiger partial charge is 0.191 e. The normalized spacial score (nSPS) is 12.5. The Morgan fingerprint density at radius 3 is 2.07 bits per heavy atom. The van der Waals surface area contributed by atoms with Crippen LogP contribution < -0.4 is 14.8 Å². The lowest BCUT2D eigenvalue weighted by molar-refractivity contribution is 0.360. The number of halogens is 4. The van der Waals surface area contributed by atoms with Gasteiger partial charge >= 0.3 is 0 Å². The number of hydrogen-bond acceptors (Lipinski definition) is 3. The Morgan fingerprint density at radius 1 is 0.828 bits per heavy atom. The average Bonchev–Trinajstić information content (AvgIpc) is 2.75. The first-order valence-electron chi connectivity index (χ1n) is 8.73. The number of aliphatic imine (C=N–C) groups is 1. The highest BCUT2D eigenvalue weighted by molar-refractivity contribution is 6.53. The Morgan fingerprint density at radius 2 is 1.45 bits per heavy atom. The Bertz CT molecular complexity index is 1120. The van der Waals surface area contributed by atoms with Gasteiger partial charge < -0.3 is 14.8 Å². The van der Waals surface area contributed by atoms with E-state index in [1.807, 2.05) is 43.3 Å². The fraction of sp³-hybridized carbons (Fsp3) is 0.0952. The fourth-order valence-corrected chi connectivity index (χ4v) is 3.66. The van der Waals surface area contributed by atoms with E-state index in [2.05, 4.69) is 10.3 Å². The van der Waals surface area contributed by atoms with Crippen LogP contribution in [-0.4, -0.2) is 5.84 Å². The quantitative estimate of drug-likeness (QED) is 0.142. The molecule has 0 spiro atoms. The molecule has 0 saturated heterocycles. The van der Waals surface area contributed by atoms with E-state index in [9.17, 15) is 0 Å². The molecule has 0 atom stereocenters. The van der Waals surface area contributed by atoms with Crippen LogP contribution in [0.1, 0.15) is 13.3 Å². The summed E-state index contributed by atoms with van der Waals surface area (Å²) in [5.41, 5.74) is 1.66. The predicted octanol–water partition coefficient (Wildman–Crippen LogP) is 8.75. The van der Waals surface area contributed by atoms with Crippen LogP contribution in [-0.2, 0) is 0 Å². The van der Waals surface area contributed by atoms with Crippen molar-refractivity contribution in [3.8, 4) is 23.0 Å². The fourth-order valence-electron chi connectivity index (χ4n) is 2.76. The van der Waals surface area contributed by atoms with Gasteiger partial charge in [0.1, 0.15) is 15.9 Å². The van der Waals surface area contributed by atoms with Crippen LogP contribution >= 0.6 is 46.4 Å². The molecule has 1 aliphatic rings. The minimum atomic E-state index is 0.113. The molecule has 0 unspecified atom stereocenters. The van der Waals surface area contributed by atoms with Crippen LogP contribution in [0.3, 0.4) is 0 Å². The number of hydrogen-bond donors (Lipinski definition) is 1. The first-order chi connectivity index (χ1) is 14.0. The zero-order valence-corrected chi connectivity index (χ0v) is 18.1. The van der Waals surface area contributed by atoms with Crippen LogP contribution in [0.25, 0.3) is 0 Å². The largest absolute Gasteiger partial charge is 0.448 e. The van der Waals surface area contributed by atoms with Crippen molar-refractivity contribution in [1.82, 2.24) is 0 Å². The maximum atomic E-state index is 6.28. The van der Waals surface area contributed by atoms with Crippen LogP contribution in [0.2, 0.25) is 20.1 Å². The van der Waals surface area contributed by atoms with E-state index in [0.29, 0.717) is 11.5 Å². The highest BCUT2D eigenvalue weighted by atomic mass is 35.5. The number of benzene rings is 3. The number of rotatable bonds is 3. The van der Waals surface area contributed by atoms with Crippen LogP contribution in [0.15, 0.2) is 53.5 Å². The van der Waals surface area contributed by atoms with E-state index >= 15 is 0 Å². The van der Waals surface area contributed by atoms with E-state index in [0.717, 1.165) is 23.6 Å². The second-order valence-electron chi connectivity index (χ2n) is 6.15. The van der Waals surface area contributed by atoms with Crippen molar-refractivity contribution < 1.29 is 9.47 Å². The van der Waals surface area contributed by atoms with Crippen molar-refractivity contribution in [2.45, 2.75) is 13.3 Å². The summed E-state index contributed by atoms with van der Waals surface area (Å²) in [7, 11) is 0. The van der Waals surface area contributed by atoms with Crippen molar-refractivity contribution in [2.24, 2.45) is 4.99 Å². The lowest BCUT2D eigenvalue weighted by Gasteiger charge is -2.24.